The third-order valence-corrected chi connectivity index (χ3v) is 3.48. The van der Waals surface area contributed by atoms with Gasteiger partial charge in [0.05, 0.1) is 5.25 Å². The molecule has 0 saturated carbocycles. The van der Waals surface area contributed by atoms with Gasteiger partial charge in [-0.2, -0.15) is 0 Å². The summed E-state index contributed by atoms with van der Waals surface area (Å²) in [5.41, 5.74) is 1.22. The molecule has 2 N–H and O–H groups in total. The van der Waals surface area contributed by atoms with Crippen LogP contribution < -0.4 is 10.6 Å². The van der Waals surface area contributed by atoms with Gasteiger partial charge >= 0.3 is 0 Å². The second-order valence-electron chi connectivity index (χ2n) is 3.97. The molecule has 0 saturated heterocycles. The summed E-state index contributed by atoms with van der Waals surface area (Å²) in [4.78, 5) is 12.8. The van der Waals surface area contributed by atoms with E-state index in [0.717, 1.165) is 11.4 Å². The van der Waals surface area contributed by atoms with Crippen molar-refractivity contribution in [2.75, 3.05) is 13.6 Å². The van der Waals surface area contributed by atoms with Crippen molar-refractivity contribution in [3.63, 3.8) is 0 Å². The highest BCUT2D eigenvalue weighted by molar-refractivity contribution is 8.00. The maximum Gasteiger partial charge on any atom is 0.233 e. The van der Waals surface area contributed by atoms with Crippen LogP contribution in [0.1, 0.15) is 12.5 Å². The highest BCUT2D eigenvalue weighted by Gasteiger charge is 2.13. The van der Waals surface area contributed by atoms with E-state index in [9.17, 15) is 4.79 Å². The summed E-state index contributed by atoms with van der Waals surface area (Å²) in [6.45, 7) is 6.85. The second kappa shape index (κ2) is 7.95. The van der Waals surface area contributed by atoms with Crippen molar-refractivity contribution in [2.24, 2.45) is 0 Å². The van der Waals surface area contributed by atoms with Gasteiger partial charge in [-0.25, -0.2) is 0 Å². The molecule has 98 valence electrons. The lowest BCUT2D eigenvalue weighted by molar-refractivity contribution is -0.120. The van der Waals surface area contributed by atoms with Gasteiger partial charge in [-0.3, -0.25) is 4.79 Å². The molecule has 1 atom stereocenters. The minimum Gasteiger partial charge on any atom is -0.352 e. The lowest BCUT2D eigenvalue weighted by Gasteiger charge is -2.11. The molecule has 1 amide bonds. The first kappa shape index (κ1) is 14.8. The number of hydrogen-bond acceptors (Lipinski definition) is 3. The summed E-state index contributed by atoms with van der Waals surface area (Å²) >= 11 is 1.57. The first-order chi connectivity index (χ1) is 8.67. The number of amides is 1. The molecule has 0 aromatic heterocycles. The van der Waals surface area contributed by atoms with Crippen LogP contribution in [0, 0.1) is 0 Å². The van der Waals surface area contributed by atoms with Gasteiger partial charge in [0.25, 0.3) is 0 Å². The van der Waals surface area contributed by atoms with Gasteiger partial charge in [0.1, 0.15) is 0 Å². The Morgan fingerprint density at radius 2 is 2.33 bits per heavy atom. The monoisotopic (exact) mass is 264 g/mol. The van der Waals surface area contributed by atoms with Crippen molar-refractivity contribution >= 4 is 17.7 Å². The molecule has 1 rings (SSSR count). The van der Waals surface area contributed by atoms with E-state index in [-0.39, 0.29) is 11.2 Å². The van der Waals surface area contributed by atoms with Gasteiger partial charge in [-0.05, 0) is 31.7 Å². The normalized spacial score (nSPS) is 11.9. The Hall–Kier alpha value is -1.26. The Balaban J connectivity index is 2.57. The van der Waals surface area contributed by atoms with Gasteiger partial charge in [0, 0.05) is 18.0 Å². The fourth-order valence-corrected chi connectivity index (χ4v) is 2.48. The van der Waals surface area contributed by atoms with Crippen LogP contribution in [0.25, 0.3) is 0 Å². The molecule has 4 heteroatoms. The summed E-state index contributed by atoms with van der Waals surface area (Å²) in [6, 6.07) is 8.23. The highest BCUT2D eigenvalue weighted by Crippen LogP contribution is 2.24. The average Bonchev–Trinajstić information content (AvgIpc) is 2.36. The lowest BCUT2D eigenvalue weighted by Crippen LogP contribution is -2.30. The predicted molar refractivity (Wildman–Crippen MR) is 77.7 cm³/mol. The van der Waals surface area contributed by atoms with E-state index in [4.69, 9.17) is 0 Å². The zero-order valence-electron chi connectivity index (χ0n) is 10.9. The molecule has 0 radical (unpaired) electrons. The number of nitrogens with one attached hydrogen (secondary N) is 2. The maximum atomic E-state index is 11.7. The molecule has 0 aliphatic heterocycles. The number of thioether (sulfide) groups is 1. The van der Waals surface area contributed by atoms with Crippen LogP contribution >= 0.6 is 11.8 Å². The van der Waals surface area contributed by atoms with Crippen LogP contribution in [0.2, 0.25) is 0 Å². The smallest absolute Gasteiger partial charge is 0.233 e. The highest BCUT2D eigenvalue weighted by atomic mass is 32.2. The molecular formula is C14H20N2OS. The zero-order valence-corrected chi connectivity index (χ0v) is 11.7. The van der Waals surface area contributed by atoms with E-state index < -0.39 is 0 Å². The Morgan fingerprint density at radius 1 is 1.56 bits per heavy atom. The largest absolute Gasteiger partial charge is 0.352 e. The van der Waals surface area contributed by atoms with Crippen molar-refractivity contribution in [1.82, 2.24) is 10.6 Å². The Morgan fingerprint density at radius 3 is 3.00 bits per heavy atom. The lowest BCUT2D eigenvalue weighted by atomic mass is 10.2. The standard InChI is InChI=1S/C14H20N2OS/c1-4-8-16-14(17)11(2)18-13-7-5-6-12(9-13)10-15-3/h4-7,9,11,15H,1,8,10H2,2-3H3,(H,16,17). The topological polar surface area (TPSA) is 41.1 Å². The summed E-state index contributed by atoms with van der Waals surface area (Å²) in [5, 5.41) is 5.82. The van der Waals surface area contributed by atoms with Crippen LogP contribution in [0.4, 0.5) is 0 Å². The number of carbonyl (C=O) groups excluding carboxylic acids is 1. The van der Waals surface area contributed by atoms with E-state index in [1.807, 2.05) is 26.1 Å². The van der Waals surface area contributed by atoms with Crippen LogP contribution in [0.5, 0.6) is 0 Å². The third kappa shape index (κ3) is 4.94. The van der Waals surface area contributed by atoms with Gasteiger partial charge in [0.15, 0.2) is 0 Å². The zero-order chi connectivity index (χ0) is 13.4. The van der Waals surface area contributed by atoms with Gasteiger partial charge in [-0.1, -0.05) is 18.2 Å². The van der Waals surface area contributed by atoms with Gasteiger partial charge in [-0.15, -0.1) is 18.3 Å². The molecule has 3 nitrogen and oxygen atoms in total. The molecule has 1 aromatic carbocycles. The molecule has 0 fully saturated rings. The first-order valence-electron chi connectivity index (χ1n) is 5.96. The molecule has 1 aromatic rings. The number of carbonyl (C=O) groups is 1. The van der Waals surface area contributed by atoms with E-state index in [0.29, 0.717) is 6.54 Å². The molecule has 1 unspecified atom stereocenters. The molecule has 18 heavy (non-hydrogen) atoms. The first-order valence-corrected chi connectivity index (χ1v) is 6.84. The summed E-state index contributed by atoms with van der Waals surface area (Å²) in [5.74, 6) is 0.0407. The Labute approximate surface area is 113 Å². The van der Waals surface area contributed by atoms with Crippen molar-refractivity contribution in [2.45, 2.75) is 23.6 Å². The molecule has 0 heterocycles. The molecule has 0 aliphatic rings. The van der Waals surface area contributed by atoms with Crippen molar-refractivity contribution in [3.8, 4) is 0 Å². The molecule has 0 spiro atoms. The molecule has 0 bridgehead atoms. The van der Waals surface area contributed by atoms with E-state index in [1.54, 1.807) is 17.8 Å². The summed E-state index contributed by atoms with van der Waals surface area (Å²) in [7, 11) is 1.92. The van der Waals surface area contributed by atoms with Crippen LogP contribution in [0.15, 0.2) is 41.8 Å². The number of rotatable bonds is 7. The van der Waals surface area contributed by atoms with Crippen LogP contribution in [0.3, 0.4) is 0 Å². The van der Waals surface area contributed by atoms with E-state index in [1.165, 1.54) is 5.56 Å². The van der Waals surface area contributed by atoms with Gasteiger partial charge in [0.2, 0.25) is 5.91 Å². The Bertz CT molecular complexity index is 407. The SMILES string of the molecule is C=CCNC(=O)C(C)Sc1cccc(CNC)c1. The third-order valence-electron chi connectivity index (χ3n) is 2.38. The minimum absolute atomic E-state index is 0.0407. The second-order valence-corrected chi connectivity index (χ2v) is 5.39. The van der Waals surface area contributed by atoms with Crippen molar-refractivity contribution in [1.29, 1.82) is 0 Å². The van der Waals surface area contributed by atoms with Crippen LogP contribution in [-0.2, 0) is 11.3 Å². The van der Waals surface area contributed by atoms with Gasteiger partial charge < -0.3 is 10.6 Å². The van der Waals surface area contributed by atoms with Crippen molar-refractivity contribution in [3.05, 3.63) is 42.5 Å². The summed E-state index contributed by atoms with van der Waals surface area (Å²) < 4.78 is 0. The maximum absolute atomic E-state index is 11.7. The van der Waals surface area contributed by atoms with Crippen LogP contribution in [-0.4, -0.2) is 24.7 Å². The van der Waals surface area contributed by atoms with E-state index in [2.05, 4.69) is 29.3 Å². The molecular weight excluding hydrogens is 244 g/mol. The quantitative estimate of drug-likeness (QED) is 0.586. The molecule has 0 aliphatic carbocycles. The fraction of sp³-hybridized carbons (Fsp3) is 0.357. The average molecular weight is 264 g/mol. The minimum atomic E-state index is -0.102. The van der Waals surface area contributed by atoms with Crippen molar-refractivity contribution < 1.29 is 4.79 Å². The predicted octanol–water partition coefficient (Wildman–Crippen LogP) is 2.19. The van der Waals surface area contributed by atoms with E-state index >= 15 is 0 Å². The number of benzene rings is 1. The number of hydrogen-bond donors (Lipinski definition) is 2. The summed E-state index contributed by atoms with van der Waals surface area (Å²) in [6.07, 6.45) is 1.68. The fourth-order valence-electron chi connectivity index (χ4n) is 1.51. The Kier molecular flexibility index (Phi) is 6.54.